The van der Waals surface area contributed by atoms with Crippen LogP contribution in [0, 0.1) is 0 Å². The third kappa shape index (κ3) is 4.47. The number of halogens is 3. The summed E-state index contributed by atoms with van der Waals surface area (Å²) >= 11 is 0. The quantitative estimate of drug-likeness (QED) is 0.816. The van der Waals surface area contributed by atoms with Crippen LogP contribution in [0.5, 0.6) is 5.88 Å². The van der Waals surface area contributed by atoms with Crippen molar-refractivity contribution >= 4 is 11.7 Å². The molecule has 9 heteroatoms. The lowest BCUT2D eigenvalue weighted by Gasteiger charge is -2.18. The number of rotatable bonds is 4. The summed E-state index contributed by atoms with van der Waals surface area (Å²) in [4.78, 5) is 23.4. The fourth-order valence-electron chi connectivity index (χ4n) is 2.78. The number of hydrogen-bond acceptors (Lipinski definition) is 5. The molecule has 27 heavy (non-hydrogen) atoms. The predicted molar refractivity (Wildman–Crippen MR) is 92.7 cm³/mol. The van der Waals surface area contributed by atoms with Gasteiger partial charge in [0, 0.05) is 45.5 Å². The van der Waals surface area contributed by atoms with E-state index in [2.05, 4.69) is 9.97 Å². The zero-order valence-corrected chi connectivity index (χ0v) is 14.9. The number of hydrogen-bond donors (Lipinski definition) is 0. The van der Waals surface area contributed by atoms with E-state index in [0.29, 0.717) is 25.1 Å². The normalized spacial score (nSPS) is 17.1. The minimum absolute atomic E-state index is 0.120. The number of amides is 1. The van der Waals surface area contributed by atoms with Crippen molar-refractivity contribution in [3.63, 3.8) is 0 Å². The second kappa shape index (κ2) is 7.42. The largest absolute Gasteiger partial charge is 0.472 e. The Bertz CT molecular complexity index is 792. The number of ether oxygens (including phenoxy) is 1. The van der Waals surface area contributed by atoms with Crippen LogP contribution in [0.2, 0.25) is 0 Å². The lowest BCUT2D eigenvalue weighted by molar-refractivity contribution is -0.137. The number of alkyl halides is 3. The molecule has 1 aliphatic rings. The molecule has 0 aliphatic carbocycles. The molecule has 1 saturated heterocycles. The van der Waals surface area contributed by atoms with Crippen molar-refractivity contribution in [1.82, 2.24) is 14.9 Å². The van der Waals surface area contributed by atoms with Crippen LogP contribution < -0.4 is 9.64 Å². The fourth-order valence-corrected chi connectivity index (χ4v) is 2.78. The van der Waals surface area contributed by atoms with Gasteiger partial charge >= 0.3 is 6.18 Å². The van der Waals surface area contributed by atoms with Gasteiger partial charge in [0.15, 0.2) is 0 Å². The fraction of sp³-hybridized carbons (Fsp3) is 0.389. The van der Waals surface area contributed by atoms with Crippen molar-refractivity contribution < 1.29 is 22.7 Å². The van der Waals surface area contributed by atoms with Gasteiger partial charge in [0.05, 0.1) is 17.7 Å². The van der Waals surface area contributed by atoms with Crippen LogP contribution in [0.3, 0.4) is 0 Å². The molecule has 1 unspecified atom stereocenters. The first-order valence-electron chi connectivity index (χ1n) is 8.36. The van der Waals surface area contributed by atoms with Gasteiger partial charge in [-0.1, -0.05) is 0 Å². The average molecular weight is 380 g/mol. The molecule has 0 aromatic carbocycles. The van der Waals surface area contributed by atoms with E-state index in [1.165, 1.54) is 17.2 Å². The van der Waals surface area contributed by atoms with Gasteiger partial charge in [0.2, 0.25) is 5.88 Å². The van der Waals surface area contributed by atoms with Gasteiger partial charge in [0.1, 0.15) is 11.9 Å². The Morgan fingerprint density at radius 2 is 1.96 bits per heavy atom. The predicted octanol–water partition coefficient (Wildman–Crippen LogP) is 2.85. The van der Waals surface area contributed by atoms with Crippen molar-refractivity contribution in [1.29, 1.82) is 0 Å². The highest BCUT2D eigenvalue weighted by Gasteiger charge is 2.31. The second-order valence-electron chi connectivity index (χ2n) is 6.46. The summed E-state index contributed by atoms with van der Waals surface area (Å²) < 4.78 is 43.4. The van der Waals surface area contributed by atoms with Crippen LogP contribution in [0.25, 0.3) is 0 Å². The molecule has 1 amide bonds. The SMILES string of the molecule is CN(C)C(=O)c1ccc(N2CCC(Oc3ccc(C(F)(F)F)cn3)C2)nc1. The smallest absolute Gasteiger partial charge is 0.417 e. The highest BCUT2D eigenvalue weighted by molar-refractivity contribution is 5.93. The molecular formula is C18H19F3N4O2. The van der Waals surface area contributed by atoms with Crippen LogP contribution in [-0.4, -0.2) is 54.1 Å². The maximum atomic E-state index is 12.6. The Morgan fingerprint density at radius 3 is 2.52 bits per heavy atom. The van der Waals surface area contributed by atoms with Crippen LogP contribution >= 0.6 is 0 Å². The molecule has 0 radical (unpaired) electrons. The minimum atomic E-state index is -4.42. The number of carbonyl (C=O) groups excluding carboxylic acids is 1. The van der Waals surface area contributed by atoms with Gasteiger partial charge in [-0.05, 0) is 18.2 Å². The number of nitrogens with zero attached hydrogens (tertiary/aromatic N) is 4. The molecule has 3 rings (SSSR count). The molecule has 1 fully saturated rings. The van der Waals surface area contributed by atoms with Gasteiger partial charge < -0.3 is 14.5 Å². The molecule has 1 atom stereocenters. The molecule has 144 valence electrons. The average Bonchev–Trinajstić information content (AvgIpc) is 3.09. The van der Waals surface area contributed by atoms with E-state index in [-0.39, 0.29) is 17.9 Å². The van der Waals surface area contributed by atoms with E-state index in [1.54, 1.807) is 26.2 Å². The number of pyridine rings is 2. The molecule has 0 N–H and O–H groups in total. The zero-order valence-electron chi connectivity index (χ0n) is 14.9. The Balaban J connectivity index is 1.59. The van der Waals surface area contributed by atoms with E-state index in [4.69, 9.17) is 4.74 Å². The van der Waals surface area contributed by atoms with Gasteiger partial charge in [-0.25, -0.2) is 9.97 Å². The Hall–Kier alpha value is -2.84. The Morgan fingerprint density at radius 1 is 1.19 bits per heavy atom. The molecule has 2 aromatic heterocycles. The molecule has 6 nitrogen and oxygen atoms in total. The number of anilines is 1. The third-order valence-corrected chi connectivity index (χ3v) is 4.22. The maximum Gasteiger partial charge on any atom is 0.417 e. The lowest BCUT2D eigenvalue weighted by Crippen LogP contribution is -2.26. The monoisotopic (exact) mass is 380 g/mol. The summed E-state index contributed by atoms with van der Waals surface area (Å²) in [5, 5.41) is 0. The van der Waals surface area contributed by atoms with Crippen LogP contribution in [0.1, 0.15) is 22.3 Å². The number of aromatic nitrogens is 2. The zero-order chi connectivity index (χ0) is 19.6. The highest BCUT2D eigenvalue weighted by atomic mass is 19.4. The summed E-state index contributed by atoms with van der Waals surface area (Å²) in [7, 11) is 3.35. The van der Waals surface area contributed by atoms with E-state index in [0.717, 1.165) is 18.1 Å². The molecule has 0 bridgehead atoms. The molecule has 2 aromatic rings. The molecule has 1 aliphatic heterocycles. The minimum Gasteiger partial charge on any atom is -0.472 e. The van der Waals surface area contributed by atoms with Crippen LogP contribution in [0.15, 0.2) is 36.7 Å². The molecular weight excluding hydrogens is 361 g/mol. The highest BCUT2D eigenvalue weighted by Crippen LogP contribution is 2.29. The topological polar surface area (TPSA) is 58.6 Å². The van der Waals surface area contributed by atoms with Crippen molar-refractivity contribution in [2.45, 2.75) is 18.7 Å². The Kier molecular flexibility index (Phi) is 5.20. The van der Waals surface area contributed by atoms with Crippen molar-refractivity contribution in [2.75, 3.05) is 32.1 Å². The van der Waals surface area contributed by atoms with E-state index < -0.39 is 11.7 Å². The van der Waals surface area contributed by atoms with Gasteiger partial charge in [-0.2, -0.15) is 13.2 Å². The maximum absolute atomic E-state index is 12.6. The summed E-state index contributed by atoms with van der Waals surface area (Å²) in [6.07, 6.45) is -1.61. The van der Waals surface area contributed by atoms with Crippen LogP contribution in [-0.2, 0) is 6.18 Å². The van der Waals surface area contributed by atoms with E-state index in [1.807, 2.05) is 4.90 Å². The van der Waals surface area contributed by atoms with E-state index >= 15 is 0 Å². The standard InChI is InChI=1S/C18H19F3N4O2/c1-24(2)17(26)12-3-5-15(22-9-12)25-8-7-14(11-25)27-16-6-4-13(10-23-16)18(19,20)21/h3-6,9-10,14H,7-8,11H2,1-2H3. The number of carbonyl (C=O) groups is 1. The van der Waals surface area contributed by atoms with E-state index in [9.17, 15) is 18.0 Å². The summed E-state index contributed by atoms with van der Waals surface area (Å²) in [6.45, 7) is 1.23. The first kappa shape index (κ1) is 18.9. The second-order valence-corrected chi connectivity index (χ2v) is 6.46. The summed E-state index contributed by atoms with van der Waals surface area (Å²) in [6, 6.07) is 5.67. The summed E-state index contributed by atoms with van der Waals surface area (Å²) in [5.74, 6) is 0.761. The summed E-state index contributed by atoms with van der Waals surface area (Å²) in [5.41, 5.74) is -0.302. The molecule has 0 saturated carbocycles. The van der Waals surface area contributed by atoms with Crippen LogP contribution in [0.4, 0.5) is 19.0 Å². The van der Waals surface area contributed by atoms with Gasteiger partial charge in [-0.15, -0.1) is 0 Å². The van der Waals surface area contributed by atoms with Crippen molar-refractivity contribution in [3.05, 3.63) is 47.8 Å². The van der Waals surface area contributed by atoms with Gasteiger partial charge in [0.25, 0.3) is 5.91 Å². The lowest BCUT2D eigenvalue weighted by atomic mass is 10.2. The molecule has 3 heterocycles. The van der Waals surface area contributed by atoms with Gasteiger partial charge in [-0.3, -0.25) is 4.79 Å². The van der Waals surface area contributed by atoms with Crippen molar-refractivity contribution in [2.24, 2.45) is 0 Å². The third-order valence-electron chi connectivity index (χ3n) is 4.22. The van der Waals surface area contributed by atoms with Crippen molar-refractivity contribution in [3.8, 4) is 5.88 Å². The Labute approximate surface area is 154 Å². The first-order chi connectivity index (χ1) is 12.7. The first-order valence-corrected chi connectivity index (χ1v) is 8.36. The molecule has 0 spiro atoms.